The van der Waals surface area contributed by atoms with Gasteiger partial charge in [-0.05, 0) is 35.4 Å². The normalized spacial score (nSPS) is 16.2. The van der Waals surface area contributed by atoms with Gasteiger partial charge in [0.1, 0.15) is 6.04 Å². The maximum Gasteiger partial charge on any atom is 0.253 e. The number of anilines is 1. The maximum atomic E-state index is 13.5. The second-order valence-electron chi connectivity index (χ2n) is 8.36. The number of para-hydroxylation sites is 2. The predicted molar refractivity (Wildman–Crippen MR) is 125 cm³/mol. The van der Waals surface area contributed by atoms with E-state index in [4.69, 9.17) is 14.5 Å². The highest BCUT2D eigenvalue weighted by atomic mass is 16.7. The van der Waals surface area contributed by atoms with Crippen LogP contribution in [0.1, 0.15) is 23.6 Å². The first kappa shape index (κ1) is 20.3. The number of carbonyl (C=O) groups is 2. The van der Waals surface area contributed by atoms with Crippen LogP contribution in [0.25, 0.3) is 11.0 Å². The molecular formula is C26H22N4O4. The molecule has 3 heterocycles. The molecule has 1 atom stereocenters. The van der Waals surface area contributed by atoms with Crippen LogP contribution in [0.3, 0.4) is 0 Å². The number of imidazole rings is 1. The Labute approximate surface area is 195 Å². The number of fused-ring (bicyclic) bond motifs is 4. The summed E-state index contributed by atoms with van der Waals surface area (Å²) in [5, 5.41) is 2.94. The Morgan fingerprint density at radius 1 is 0.971 bits per heavy atom. The van der Waals surface area contributed by atoms with Crippen molar-refractivity contribution >= 4 is 28.8 Å². The molecule has 2 aliphatic rings. The van der Waals surface area contributed by atoms with E-state index in [0.717, 1.165) is 22.2 Å². The molecule has 8 nitrogen and oxygen atoms in total. The summed E-state index contributed by atoms with van der Waals surface area (Å²) in [6.45, 7) is 0.928. The molecule has 0 spiro atoms. The van der Waals surface area contributed by atoms with Gasteiger partial charge in [0.15, 0.2) is 11.5 Å². The average Bonchev–Trinajstić information content (AvgIpc) is 3.54. The largest absolute Gasteiger partial charge is 0.454 e. The van der Waals surface area contributed by atoms with Crippen LogP contribution in [-0.4, -0.2) is 28.2 Å². The average molecular weight is 454 g/mol. The van der Waals surface area contributed by atoms with Crippen molar-refractivity contribution in [3.05, 3.63) is 83.9 Å². The maximum absolute atomic E-state index is 13.5. The van der Waals surface area contributed by atoms with E-state index in [1.807, 2.05) is 77.4 Å². The predicted octanol–water partition coefficient (Wildman–Crippen LogP) is 3.56. The Morgan fingerprint density at radius 3 is 2.65 bits per heavy atom. The van der Waals surface area contributed by atoms with Crippen molar-refractivity contribution in [3.63, 3.8) is 0 Å². The first-order valence-electron chi connectivity index (χ1n) is 11.1. The second-order valence-corrected chi connectivity index (χ2v) is 8.36. The minimum absolute atomic E-state index is 0.0384. The summed E-state index contributed by atoms with van der Waals surface area (Å²) in [5.74, 6) is 1.56. The van der Waals surface area contributed by atoms with Gasteiger partial charge in [-0.15, -0.1) is 0 Å². The van der Waals surface area contributed by atoms with E-state index in [1.54, 1.807) is 4.90 Å². The summed E-state index contributed by atoms with van der Waals surface area (Å²) in [6.07, 6.45) is 0.0384. The Kier molecular flexibility index (Phi) is 4.91. The summed E-state index contributed by atoms with van der Waals surface area (Å²) in [6, 6.07) is 22.3. The zero-order valence-electron chi connectivity index (χ0n) is 18.3. The molecular weight excluding hydrogens is 432 g/mol. The van der Waals surface area contributed by atoms with E-state index >= 15 is 0 Å². The number of nitrogens with one attached hydrogen (secondary N) is 1. The van der Waals surface area contributed by atoms with Gasteiger partial charge < -0.3 is 14.8 Å². The summed E-state index contributed by atoms with van der Waals surface area (Å²) < 4.78 is 12.8. The standard InChI is InChI=1S/C26H22N4O4/c31-24(27-14-17-6-2-1-3-7-17)13-21-25(32)29(15-18-10-11-22-23(12-18)34-16-33-22)26-28-19-8-4-5-9-20(19)30(21)26/h1-12,21H,13-16H2,(H,27,31)/t21-/m0/s1. The molecule has 8 heteroatoms. The zero-order valence-corrected chi connectivity index (χ0v) is 18.3. The van der Waals surface area contributed by atoms with Gasteiger partial charge in [-0.2, -0.15) is 0 Å². The molecule has 0 bridgehead atoms. The number of ether oxygens (including phenoxy) is 2. The quantitative estimate of drug-likeness (QED) is 0.482. The third-order valence-corrected chi connectivity index (χ3v) is 6.17. The highest BCUT2D eigenvalue weighted by molar-refractivity contribution is 6.03. The van der Waals surface area contributed by atoms with E-state index in [2.05, 4.69) is 5.32 Å². The fourth-order valence-electron chi connectivity index (χ4n) is 4.51. The van der Waals surface area contributed by atoms with E-state index in [-0.39, 0.29) is 25.0 Å². The van der Waals surface area contributed by atoms with Crippen LogP contribution < -0.4 is 19.7 Å². The van der Waals surface area contributed by atoms with Gasteiger partial charge in [-0.3, -0.25) is 19.1 Å². The zero-order chi connectivity index (χ0) is 23.1. The topological polar surface area (TPSA) is 85.7 Å². The molecule has 0 saturated heterocycles. The summed E-state index contributed by atoms with van der Waals surface area (Å²) in [7, 11) is 0. The summed E-state index contributed by atoms with van der Waals surface area (Å²) >= 11 is 0. The van der Waals surface area contributed by atoms with Crippen LogP contribution in [0, 0.1) is 0 Å². The third-order valence-electron chi connectivity index (χ3n) is 6.17. The molecule has 2 amide bonds. The van der Waals surface area contributed by atoms with Gasteiger partial charge >= 0.3 is 0 Å². The Balaban J connectivity index is 1.28. The van der Waals surface area contributed by atoms with Crippen LogP contribution >= 0.6 is 0 Å². The van der Waals surface area contributed by atoms with Crippen LogP contribution in [0.15, 0.2) is 72.8 Å². The molecule has 0 saturated carbocycles. The van der Waals surface area contributed by atoms with Gasteiger partial charge in [-0.25, -0.2) is 4.98 Å². The van der Waals surface area contributed by atoms with E-state index in [0.29, 0.717) is 30.5 Å². The van der Waals surface area contributed by atoms with Crippen molar-refractivity contribution < 1.29 is 19.1 Å². The fraction of sp³-hybridized carbons (Fsp3) is 0.192. The molecule has 0 fully saturated rings. The molecule has 170 valence electrons. The number of rotatable bonds is 6. The molecule has 0 aliphatic carbocycles. The van der Waals surface area contributed by atoms with Crippen molar-refractivity contribution in [1.82, 2.24) is 14.9 Å². The Hall–Kier alpha value is -4.33. The summed E-state index contributed by atoms with van der Waals surface area (Å²) in [5.41, 5.74) is 3.52. The first-order chi connectivity index (χ1) is 16.7. The lowest BCUT2D eigenvalue weighted by atomic mass is 10.1. The van der Waals surface area contributed by atoms with Crippen molar-refractivity contribution in [2.75, 3.05) is 11.7 Å². The smallest absolute Gasteiger partial charge is 0.253 e. The molecule has 34 heavy (non-hydrogen) atoms. The number of aromatic nitrogens is 2. The minimum Gasteiger partial charge on any atom is -0.454 e. The lowest BCUT2D eigenvalue weighted by Crippen LogP contribution is -2.32. The van der Waals surface area contributed by atoms with Crippen LogP contribution in [0.2, 0.25) is 0 Å². The fourth-order valence-corrected chi connectivity index (χ4v) is 4.51. The molecule has 1 aromatic heterocycles. The van der Waals surface area contributed by atoms with Gasteiger partial charge in [0.2, 0.25) is 18.6 Å². The van der Waals surface area contributed by atoms with Crippen molar-refractivity contribution in [1.29, 1.82) is 0 Å². The number of hydrogen-bond donors (Lipinski definition) is 1. The van der Waals surface area contributed by atoms with Crippen molar-refractivity contribution in [2.45, 2.75) is 25.6 Å². The Bertz CT molecular complexity index is 1400. The van der Waals surface area contributed by atoms with Crippen LogP contribution in [0.4, 0.5) is 5.95 Å². The third kappa shape index (κ3) is 3.53. The number of amides is 2. The minimum atomic E-state index is -0.660. The molecule has 0 unspecified atom stereocenters. The van der Waals surface area contributed by atoms with Crippen molar-refractivity contribution in [2.24, 2.45) is 0 Å². The van der Waals surface area contributed by atoms with Gasteiger partial charge in [0, 0.05) is 6.54 Å². The molecule has 4 aromatic rings. The van der Waals surface area contributed by atoms with Gasteiger partial charge in [0.05, 0.1) is 24.0 Å². The molecule has 6 rings (SSSR count). The molecule has 1 N–H and O–H groups in total. The highest BCUT2D eigenvalue weighted by Gasteiger charge is 2.41. The number of carbonyl (C=O) groups excluding carboxylic acids is 2. The van der Waals surface area contributed by atoms with E-state index in [9.17, 15) is 9.59 Å². The first-order valence-corrected chi connectivity index (χ1v) is 11.1. The lowest BCUT2D eigenvalue weighted by molar-refractivity contribution is -0.127. The highest BCUT2D eigenvalue weighted by Crippen LogP contribution is 2.38. The Morgan fingerprint density at radius 2 is 1.76 bits per heavy atom. The van der Waals surface area contributed by atoms with Crippen LogP contribution in [0.5, 0.6) is 11.5 Å². The van der Waals surface area contributed by atoms with Gasteiger partial charge in [0.25, 0.3) is 5.91 Å². The molecule has 2 aliphatic heterocycles. The van der Waals surface area contributed by atoms with Gasteiger partial charge in [-0.1, -0.05) is 48.5 Å². The van der Waals surface area contributed by atoms with E-state index in [1.165, 1.54) is 0 Å². The molecule has 0 radical (unpaired) electrons. The number of nitrogens with zero attached hydrogens (tertiary/aromatic N) is 3. The number of hydrogen-bond acceptors (Lipinski definition) is 5. The number of benzene rings is 3. The molecule has 3 aromatic carbocycles. The summed E-state index contributed by atoms with van der Waals surface area (Å²) in [4.78, 5) is 32.7. The SMILES string of the molecule is O=C(C[C@H]1C(=O)N(Cc2ccc3c(c2)OCO3)c2nc3ccccc3n21)NCc1ccccc1. The second kappa shape index (κ2) is 8.22. The lowest BCUT2D eigenvalue weighted by Gasteiger charge is -2.16. The monoisotopic (exact) mass is 454 g/mol. The van der Waals surface area contributed by atoms with Crippen molar-refractivity contribution in [3.8, 4) is 11.5 Å². The van der Waals surface area contributed by atoms with E-state index < -0.39 is 6.04 Å². The van der Waals surface area contributed by atoms with Crippen LogP contribution in [-0.2, 0) is 22.7 Å².